The summed E-state index contributed by atoms with van der Waals surface area (Å²) < 4.78 is 4.51. The van der Waals surface area contributed by atoms with Crippen molar-refractivity contribution in [3.63, 3.8) is 0 Å². The van der Waals surface area contributed by atoms with E-state index in [1.165, 1.54) is 6.08 Å². The lowest BCUT2D eigenvalue weighted by Gasteiger charge is -1.88. The highest BCUT2D eigenvalue weighted by molar-refractivity contribution is 5.72. The summed E-state index contributed by atoms with van der Waals surface area (Å²) in [6.45, 7) is 0.230. The summed E-state index contributed by atoms with van der Waals surface area (Å²) in [5.41, 5.74) is 0. The second-order valence-electron chi connectivity index (χ2n) is 1.76. The van der Waals surface area contributed by atoms with Crippen molar-refractivity contribution in [3.8, 4) is 0 Å². The molecular formula is C5H5NO3. The maximum atomic E-state index is 10.3. The largest absolute Gasteiger partial charge is 0.463 e. The molecule has 1 fully saturated rings. The van der Waals surface area contributed by atoms with Crippen LogP contribution >= 0.6 is 0 Å². The van der Waals surface area contributed by atoms with Crippen LogP contribution in [0.3, 0.4) is 0 Å². The lowest BCUT2D eigenvalue weighted by molar-refractivity contribution is -0.137. The first-order valence-electron chi connectivity index (χ1n) is 2.55. The van der Waals surface area contributed by atoms with Crippen molar-refractivity contribution >= 4 is 12.0 Å². The van der Waals surface area contributed by atoms with Gasteiger partial charge in [0.1, 0.15) is 12.6 Å². The highest BCUT2D eigenvalue weighted by Gasteiger charge is 2.22. The van der Waals surface area contributed by atoms with E-state index in [4.69, 9.17) is 0 Å². The van der Waals surface area contributed by atoms with Gasteiger partial charge >= 0.3 is 5.97 Å². The number of rotatable bonds is 1. The molecule has 4 heteroatoms. The second kappa shape index (κ2) is 2.42. The van der Waals surface area contributed by atoms with E-state index in [-0.39, 0.29) is 25.0 Å². The fourth-order valence-electron chi connectivity index (χ4n) is 0.657. The minimum Gasteiger partial charge on any atom is -0.463 e. The predicted molar refractivity (Wildman–Crippen MR) is 27.5 cm³/mol. The molecule has 1 rings (SSSR count). The zero-order valence-electron chi connectivity index (χ0n) is 4.66. The van der Waals surface area contributed by atoms with Crippen molar-refractivity contribution in [1.29, 1.82) is 0 Å². The number of carbonyl (C=O) groups is 1. The smallest absolute Gasteiger partial charge is 0.308 e. The molecule has 0 unspecified atom stereocenters. The minimum absolute atomic E-state index is 0.218. The van der Waals surface area contributed by atoms with Crippen LogP contribution in [-0.4, -0.2) is 24.7 Å². The molecule has 0 aliphatic carbocycles. The van der Waals surface area contributed by atoms with Crippen molar-refractivity contribution < 1.29 is 14.3 Å². The van der Waals surface area contributed by atoms with Gasteiger partial charge < -0.3 is 4.74 Å². The molecule has 1 saturated heterocycles. The molecule has 1 atom stereocenters. The molecule has 1 aliphatic heterocycles. The van der Waals surface area contributed by atoms with Crippen LogP contribution in [0, 0.1) is 0 Å². The zero-order valence-corrected chi connectivity index (χ0v) is 4.66. The maximum absolute atomic E-state index is 10.3. The van der Waals surface area contributed by atoms with E-state index in [2.05, 4.69) is 9.73 Å². The van der Waals surface area contributed by atoms with Crippen LogP contribution in [-0.2, 0) is 14.3 Å². The Morgan fingerprint density at radius 3 is 3.00 bits per heavy atom. The summed E-state index contributed by atoms with van der Waals surface area (Å²) in [6, 6.07) is -0.282. The predicted octanol–water partition coefficient (Wildman–Crippen LogP) is -0.362. The standard InChI is InChI=1S/C5H5NO3/c7-3-6-4-1-5(8)9-2-4/h4H,1-2H2/t4-/m0/s1. The zero-order chi connectivity index (χ0) is 6.69. The molecular weight excluding hydrogens is 122 g/mol. The van der Waals surface area contributed by atoms with Gasteiger partial charge in [0.25, 0.3) is 0 Å². The summed E-state index contributed by atoms with van der Waals surface area (Å²) in [6.07, 6.45) is 1.59. The molecule has 9 heavy (non-hydrogen) atoms. The molecule has 48 valence electrons. The van der Waals surface area contributed by atoms with Crippen LogP contribution in [0.2, 0.25) is 0 Å². The number of isocyanates is 1. The molecule has 0 amide bonds. The van der Waals surface area contributed by atoms with Crippen LogP contribution in [0.15, 0.2) is 4.99 Å². The number of cyclic esters (lactones) is 1. The first-order chi connectivity index (χ1) is 4.33. The van der Waals surface area contributed by atoms with Crippen molar-refractivity contribution in [2.24, 2.45) is 4.99 Å². The Morgan fingerprint density at radius 1 is 1.78 bits per heavy atom. The number of ether oxygens (including phenoxy) is 1. The van der Waals surface area contributed by atoms with Crippen molar-refractivity contribution in [3.05, 3.63) is 0 Å². The lowest BCUT2D eigenvalue weighted by atomic mass is 10.3. The van der Waals surface area contributed by atoms with Gasteiger partial charge in [-0.25, -0.2) is 4.79 Å². The van der Waals surface area contributed by atoms with Crippen LogP contribution < -0.4 is 0 Å². The van der Waals surface area contributed by atoms with Gasteiger partial charge in [0.2, 0.25) is 6.08 Å². The van der Waals surface area contributed by atoms with Crippen molar-refractivity contribution in [1.82, 2.24) is 0 Å². The Bertz CT molecular complexity index is 171. The van der Waals surface area contributed by atoms with Gasteiger partial charge in [-0.1, -0.05) is 0 Å². The molecule has 1 heterocycles. The van der Waals surface area contributed by atoms with Crippen LogP contribution in [0.4, 0.5) is 0 Å². The van der Waals surface area contributed by atoms with E-state index in [9.17, 15) is 9.59 Å². The molecule has 0 radical (unpaired) electrons. The maximum Gasteiger partial charge on any atom is 0.308 e. The number of esters is 1. The average Bonchev–Trinajstić information content (AvgIpc) is 2.17. The summed E-state index contributed by atoms with van der Waals surface area (Å²) in [5.74, 6) is -0.293. The first-order valence-corrected chi connectivity index (χ1v) is 2.55. The highest BCUT2D eigenvalue weighted by atomic mass is 16.5. The number of aliphatic imine (C=N–C) groups is 1. The highest BCUT2D eigenvalue weighted by Crippen LogP contribution is 2.07. The molecule has 0 N–H and O–H groups in total. The van der Waals surface area contributed by atoms with Crippen LogP contribution in [0.1, 0.15) is 6.42 Å². The molecule has 0 spiro atoms. The van der Waals surface area contributed by atoms with Gasteiger partial charge in [0, 0.05) is 0 Å². The van der Waals surface area contributed by atoms with Gasteiger partial charge in [-0.15, -0.1) is 0 Å². The molecule has 0 aromatic rings. The molecule has 4 nitrogen and oxygen atoms in total. The third-order valence-corrected chi connectivity index (χ3v) is 1.07. The van der Waals surface area contributed by atoms with Crippen LogP contribution in [0.25, 0.3) is 0 Å². The quantitative estimate of drug-likeness (QED) is 0.274. The Hall–Kier alpha value is -1.15. The van der Waals surface area contributed by atoms with E-state index in [0.29, 0.717) is 0 Å². The average molecular weight is 127 g/mol. The second-order valence-corrected chi connectivity index (χ2v) is 1.76. The molecule has 0 aromatic carbocycles. The number of carbonyl (C=O) groups excluding carboxylic acids is 2. The van der Waals surface area contributed by atoms with Crippen molar-refractivity contribution in [2.45, 2.75) is 12.5 Å². The van der Waals surface area contributed by atoms with E-state index < -0.39 is 0 Å². The van der Waals surface area contributed by atoms with Crippen LogP contribution in [0.5, 0.6) is 0 Å². The number of hydrogen-bond donors (Lipinski definition) is 0. The Morgan fingerprint density at radius 2 is 2.56 bits per heavy atom. The molecule has 0 aromatic heterocycles. The molecule has 0 bridgehead atoms. The Kier molecular flexibility index (Phi) is 1.60. The van der Waals surface area contributed by atoms with Crippen molar-refractivity contribution in [2.75, 3.05) is 6.61 Å². The summed E-state index contributed by atoms with van der Waals surface area (Å²) in [5, 5.41) is 0. The van der Waals surface area contributed by atoms with E-state index in [1.807, 2.05) is 0 Å². The van der Waals surface area contributed by atoms with Gasteiger partial charge in [0.05, 0.1) is 6.42 Å². The Labute approximate surface area is 51.5 Å². The van der Waals surface area contributed by atoms with Gasteiger partial charge in [-0.2, -0.15) is 4.99 Å². The van der Waals surface area contributed by atoms with Gasteiger partial charge in [-0.3, -0.25) is 4.79 Å². The normalized spacial score (nSPS) is 24.9. The Balaban J connectivity index is 2.48. The molecule has 0 saturated carbocycles. The van der Waals surface area contributed by atoms with E-state index in [1.54, 1.807) is 0 Å². The fraction of sp³-hybridized carbons (Fsp3) is 0.600. The van der Waals surface area contributed by atoms with Gasteiger partial charge in [-0.05, 0) is 0 Å². The number of hydrogen-bond acceptors (Lipinski definition) is 4. The van der Waals surface area contributed by atoms with E-state index >= 15 is 0 Å². The van der Waals surface area contributed by atoms with Gasteiger partial charge in [0.15, 0.2) is 0 Å². The van der Waals surface area contributed by atoms with E-state index in [0.717, 1.165) is 0 Å². The topological polar surface area (TPSA) is 55.7 Å². The third-order valence-electron chi connectivity index (χ3n) is 1.07. The lowest BCUT2D eigenvalue weighted by Crippen LogP contribution is -2.00. The first kappa shape index (κ1) is 5.98. The SMILES string of the molecule is O=C=N[C@@H]1COC(=O)C1. The number of nitrogens with zero attached hydrogens (tertiary/aromatic N) is 1. The fourth-order valence-corrected chi connectivity index (χ4v) is 0.657. The summed E-state index contributed by atoms with van der Waals surface area (Å²) >= 11 is 0. The molecule has 1 aliphatic rings. The summed E-state index contributed by atoms with van der Waals surface area (Å²) in [7, 11) is 0. The monoisotopic (exact) mass is 127 g/mol. The third kappa shape index (κ3) is 1.37. The minimum atomic E-state index is -0.293. The summed E-state index contributed by atoms with van der Waals surface area (Å²) in [4.78, 5) is 23.2.